The van der Waals surface area contributed by atoms with Gasteiger partial charge < -0.3 is 9.47 Å². The highest BCUT2D eigenvalue weighted by Gasteiger charge is 2.35. The highest BCUT2D eigenvalue weighted by molar-refractivity contribution is 5.58. The van der Waals surface area contributed by atoms with E-state index in [9.17, 15) is 0 Å². The lowest BCUT2D eigenvalue weighted by molar-refractivity contribution is 0.242. The minimum Gasteiger partial charge on any atom is -0.353 e. The zero-order valence-electron chi connectivity index (χ0n) is 25.8. The van der Waals surface area contributed by atoms with Crippen LogP contribution in [-0.2, 0) is 23.8 Å². The van der Waals surface area contributed by atoms with Crippen LogP contribution in [0.5, 0.6) is 0 Å². The van der Waals surface area contributed by atoms with Crippen molar-refractivity contribution in [3.8, 4) is 11.4 Å². The molecule has 3 aliphatic rings. The topological polar surface area (TPSA) is 46.8 Å². The normalized spacial score (nSPS) is 23.6. The molecule has 3 aromatic rings. The SMILES string of the molecule is CC(C)(C)c1ccc(F)c(-c2nnc3n2CCC(CC(C)(C)c2ccnc(N4CCCC5CCCCC54)c2)CC3)c1. The van der Waals surface area contributed by atoms with Gasteiger partial charge in [0.2, 0.25) is 0 Å². The van der Waals surface area contributed by atoms with Gasteiger partial charge in [-0.2, -0.15) is 0 Å². The van der Waals surface area contributed by atoms with Crippen molar-refractivity contribution in [2.75, 3.05) is 11.4 Å². The van der Waals surface area contributed by atoms with Gasteiger partial charge in [0, 0.05) is 31.7 Å². The molecule has 220 valence electrons. The summed E-state index contributed by atoms with van der Waals surface area (Å²) in [6, 6.07) is 10.7. The fourth-order valence-corrected chi connectivity index (χ4v) is 7.86. The monoisotopic (exact) mass is 557 g/mol. The first-order valence-electron chi connectivity index (χ1n) is 16.1. The summed E-state index contributed by atoms with van der Waals surface area (Å²) in [6.07, 6.45) is 14.3. The van der Waals surface area contributed by atoms with Crippen molar-refractivity contribution in [2.24, 2.45) is 11.8 Å². The lowest BCUT2D eigenvalue weighted by Crippen LogP contribution is -2.47. The van der Waals surface area contributed by atoms with Crippen molar-refractivity contribution in [1.29, 1.82) is 0 Å². The molecule has 3 unspecified atom stereocenters. The summed E-state index contributed by atoms with van der Waals surface area (Å²) < 4.78 is 17.2. The molecule has 3 atom stereocenters. The van der Waals surface area contributed by atoms with Gasteiger partial charge in [0.05, 0.1) is 5.56 Å². The molecule has 4 heterocycles. The van der Waals surface area contributed by atoms with E-state index < -0.39 is 0 Å². The van der Waals surface area contributed by atoms with Crippen LogP contribution in [0.25, 0.3) is 11.4 Å². The first-order chi connectivity index (χ1) is 19.6. The van der Waals surface area contributed by atoms with Gasteiger partial charge in [-0.1, -0.05) is 53.5 Å². The molecule has 1 saturated carbocycles. The van der Waals surface area contributed by atoms with Crippen LogP contribution in [0.3, 0.4) is 0 Å². The van der Waals surface area contributed by atoms with E-state index in [2.05, 4.69) is 66.4 Å². The number of piperidine rings is 1. The molecule has 41 heavy (non-hydrogen) atoms. The Morgan fingerprint density at radius 3 is 2.49 bits per heavy atom. The second kappa shape index (κ2) is 11.1. The molecule has 6 heteroatoms. The van der Waals surface area contributed by atoms with E-state index in [-0.39, 0.29) is 16.6 Å². The Bertz CT molecular complexity index is 1370. The summed E-state index contributed by atoms with van der Waals surface area (Å²) >= 11 is 0. The minimum atomic E-state index is -0.225. The number of hydrogen-bond acceptors (Lipinski definition) is 4. The van der Waals surface area contributed by atoms with Gasteiger partial charge in [-0.15, -0.1) is 10.2 Å². The molecule has 0 radical (unpaired) electrons. The third kappa shape index (κ3) is 5.81. The van der Waals surface area contributed by atoms with Crippen molar-refractivity contribution in [2.45, 2.75) is 122 Å². The summed E-state index contributed by atoms with van der Waals surface area (Å²) in [5.41, 5.74) is 3.06. The maximum atomic E-state index is 15.0. The zero-order valence-corrected chi connectivity index (χ0v) is 25.8. The summed E-state index contributed by atoms with van der Waals surface area (Å²) in [5, 5.41) is 9.03. The average Bonchev–Trinajstić information content (AvgIpc) is 3.25. The van der Waals surface area contributed by atoms with Gasteiger partial charge in [-0.25, -0.2) is 9.37 Å². The van der Waals surface area contributed by atoms with Crippen molar-refractivity contribution >= 4 is 5.82 Å². The van der Waals surface area contributed by atoms with Crippen LogP contribution in [0, 0.1) is 17.7 Å². The van der Waals surface area contributed by atoms with Crippen molar-refractivity contribution < 1.29 is 4.39 Å². The molecule has 6 rings (SSSR count). The molecule has 1 aromatic carbocycles. The highest BCUT2D eigenvalue weighted by Crippen LogP contribution is 2.40. The Morgan fingerprint density at radius 1 is 0.854 bits per heavy atom. The molecule has 0 N–H and O–H groups in total. The number of benzene rings is 1. The van der Waals surface area contributed by atoms with E-state index in [1.807, 2.05) is 18.3 Å². The summed E-state index contributed by atoms with van der Waals surface area (Å²) in [5.74, 6) is 4.03. The maximum absolute atomic E-state index is 15.0. The predicted molar refractivity (Wildman–Crippen MR) is 165 cm³/mol. The molecular formula is C35H48FN5. The number of anilines is 1. The number of hydrogen-bond donors (Lipinski definition) is 0. The van der Waals surface area contributed by atoms with Gasteiger partial charge in [-0.3, -0.25) is 0 Å². The molecule has 2 aliphatic heterocycles. The standard InChI is InChI=1S/C35H48FN5/c1-34(2,3)26-13-14-29(36)28(21-26)33-39-38-31-15-12-24(17-20-41(31)33)23-35(4,5)27-16-18-37-32(22-27)40-19-8-10-25-9-6-7-11-30(25)40/h13-14,16,18,21-22,24-25,30H,6-12,15,17,19-20,23H2,1-5H3. The molecule has 1 aliphatic carbocycles. The van der Waals surface area contributed by atoms with Gasteiger partial charge in [-0.05, 0) is 103 Å². The van der Waals surface area contributed by atoms with Crippen LogP contribution in [0.2, 0.25) is 0 Å². The number of fused-ring (bicyclic) bond motifs is 2. The lowest BCUT2D eigenvalue weighted by atomic mass is 9.75. The van der Waals surface area contributed by atoms with E-state index in [1.165, 1.54) is 49.9 Å². The molecule has 0 bridgehead atoms. The summed E-state index contributed by atoms with van der Waals surface area (Å²) in [4.78, 5) is 7.53. The lowest BCUT2D eigenvalue weighted by Gasteiger charge is -2.45. The number of aromatic nitrogens is 4. The fraction of sp³-hybridized carbons (Fsp3) is 0.629. The number of halogens is 1. The van der Waals surface area contributed by atoms with E-state index in [0.29, 0.717) is 23.3 Å². The van der Waals surface area contributed by atoms with Crippen LogP contribution in [0.4, 0.5) is 10.2 Å². The Balaban J connectivity index is 1.17. The van der Waals surface area contributed by atoms with Crippen molar-refractivity contribution in [1.82, 2.24) is 19.7 Å². The first-order valence-corrected chi connectivity index (χ1v) is 16.1. The fourth-order valence-electron chi connectivity index (χ4n) is 7.86. The van der Waals surface area contributed by atoms with Gasteiger partial charge in [0.25, 0.3) is 0 Å². The van der Waals surface area contributed by atoms with Gasteiger partial charge >= 0.3 is 0 Å². The van der Waals surface area contributed by atoms with Gasteiger partial charge in [0.1, 0.15) is 17.5 Å². The molecule has 2 aromatic heterocycles. The van der Waals surface area contributed by atoms with E-state index in [1.54, 1.807) is 6.07 Å². The first kappa shape index (κ1) is 28.4. The highest BCUT2D eigenvalue weighted by atomic mass is 19.1. The third-order valence-corrected chi connectivity index (χ3v) is 10.3. The maximum Gasteiger partial charge on any atom is 0.166 e. The Morgan fingerprint density at radius 2 is 1.66 bits per heavy atom. The second-order valence-electron chi connectivity index (χ2n) is 14.7. The van der Waals surface area contributed by atoms with Crippen LogP contribution >= 0.6 is 0 Å². The largest absolute Gasteiger partial charge is 0.353 e. The number of nitrogens with zero attached hydrogens (tertiary/aromatic N) is 5. The van der Waals surface area contributed by atoms with E-state index >= 15 is 4.39 Å². The molecule has 0 spiro atoms. The third-order valence-electron chi connectivity index (χ3n) is 10.3. The van der Waals surface area contributed by atoms with Crippen molar-refractivity contribution in [3.63, 3.8) is 0 Å². The average molecular weight is 558 g/mol. The Hall–Kier alpha value is -2.76. The number of rotatable bonds is 5. The number of pyridine rings is 1. The predicted octanol–water partition coefficient (Wildman–Crippen LogP) is 8.26. The molecule has 0 amide bonds. The van der Waals surface area contributed by atoms with Crippen LogP contribution in [0.1, 0.15) is 109 Å². The quantitative estimate of drug-likeness (QED) is 0.317. The smallest absolute Gasteiger partial charge is 0.166 e. The molecule has 2 fully saturated rings. The Kier molecular flexibility index (Phi) is 7.71. The molecule has 5 nitrogen and oxygen atoms in total. The van der Waals surface area contributed by atoms with Gasteiger partial charge in [0.15, 0.2) is 5.82 Å². The second-order valence-corrected chi connectivity index (χ2v) is 14.7. The minimum absolute atomic E-state index is 0.0464. The molecule has 1 saturated heterocycles. The summed E-state index contributed by atoms with van der Waals surface area (Å²) in [6.45, 7) is 13.2. The van der Waals surface area contributed by atoms with Crippen LogP contribution in [0.15, 0.2) is 36.5 Å². The summed E-state index contributed by atoms with van der Waals surface area (Å²) in [7, 11) is 0. The Labute approximate surface area is 246 Å². The van der Waals surface area contributed by atoms with E-state index in [0.717, 1.165) is 56.1 Å². The van der Waals surface area contributed by atoms with Crippen LogP contribution in [-0.4, -0.2) is 32.3 Å². The zero-order chi connectivity index (χ0) is 28.8. The number of aryl methyl sites for hydroxylation is 1. The van der Waals surface area contributed by atoms with Crippen molar-refractivity contribution in [3.05, 3.63) is 59.3 Å². The van der Waals surface area contributed by atoms with Crippen LogP contribution < -0.4 is 4.90 Å². The van der Waals surface area contributed by atoms with E-state index in [4.69, 9.17) is 4.98 Å². The molecular weight excluding hydrogens is 509 g/mol.